The second kappa shape index (κ2) is 12.5. The third-order valence-corrected chi connectivity index (χ3v) is 3.51. The van der Waals surface area contributed by atoms with Crippen LogP contribution in [0.5, 0.6) is 0 Å². The second-order valence-electron chi connectivity index (χ2n) is 5.63. The lowest BCUT2D eigenvalue weighted by molar-refractivity contribution is 0.123. The van der Waals surface area contributed by atoms with Crippen molar-refractivity contribution in [3.8, 4) is 0 Å². The molecule has 1 aliphatic rings. The monoisotopic (exact) mass is 432 g/mol. The van der Waals surface area contributed by atoms with Gasteiger partial charge in [-0.25, -0.2) is 0 Å². The van der Waals surface area contributed by atoms with Crippen LogP contribution in [0, 0.1) is 5.92 Å². The highest BCUT2D eigenvalue weighted by atomic mass is 127. The first-order chi connectivity index (χ1) is 10.9. The number of ether oxygens (including phenoxy) is 1. The van der Waals surface area contributed by atoms with E-state index in [1.165, 1.54) is 12.8 Å². The lowest BCUT2D eigenvalue weighted by Crippen LogP contribution is -2.38. The topological polar surface area (TPSA) is 58.5 Å². The second-order valence-corrected chi connectivity index (χ2v) is 5.63. The van der Waals surface area contributed by atoms with Gasteiger partial charge in [-0.3, -0.25) is 9.98 Å². The summed E-state index contributed by atoms with van der Waals surface area (Å²) in [5.41, 5.74) is 1.10. The molecule has 0 atom stereocenters. The van der Waals surface area contributed by atoms with Crippen LogP contribution in [0.3, 0.4) is 0 Å². The first kappa shape index (κ1) is 20.2. The third kappa shape index (κ3) is 9.76. The van der Waals surface area contributed by atoms with Crippen molar-refractivity contribution in [1.82, 2.24) is 15.6 Å². The van der Waals surface area contributed by atoms with Crippen LogP contribution in [-0.2, 0) is 11.2 Å². The first-order valence-electron chi connectivity index (χ1n) is 8.38. The van der Waals surface area contributed by atoms with Crippen LogP contribution in [0.1, 0.15) is 31.9 Å². The van der Waals surface area contributed by atoms with E-state index in [9.17, 15) is 0 Å². The molecular formula is C17H29IN4O. The van der Waals surface area contributed by atoms with E-state index in [0.29, 0.717) is 0 Å². The summed E-state index contributed by atoms with van der Waals surface area (Å²) >= 11 is 0. The van der Waals surface area contributed by atoms with Gasteiger partial charge in [0.25, 0.3) is 0 Å². The highest BCUT2D eigenvalue weighted by Crippen LogP contribution is 2.28. The molecule has 1 heterocycles. The van der Waals surface area contributed by atoms with E-state index in [4.69, 9.17) is 4.74 Å². The molecule has 23 heavy (non-hydrogen) atoms. The maximum atomic E-state index is 5.62. The van der Waals surface area contributed by atoms with Crippen molar-refractivity contribution in [2.24, 2.45) is 10.9 Å². The lowest BCUT2D eigenvalue weighted by Gasteiger charge is -2.11. The number of aromatic nitrogens is 1. The van der Waals surface area contributed by atoms with Crippen LogP contribution in [0.25, 0.3) is 0 Å². The summed E-state index contributed by atoms with van der Waals surface area (Å²) in [6, 6.07) is 6.00. The van der Waals surface area contributed by atoms with Gasteiger partial charge in [0.15, 0.2) is 5.96 Å². The van der Waals surface area contributed by atoms with Crippen molar-refractivity contribution in [2.45, 2.75) is 32.6 Å². The summed E-state index contributed by atoms with van der Waals surface area (Å²) in [5.74, 6) is 1.72. The Balaban J connectivity index is 0.00000264. The zero-order chi connectivity index (χ0) is 15.5. The molecule has 6 heteroatoms. The van der Waals surface area contributed by atoms with E-state index < -0.39 is 0 Å². The van der Waals surface area contributed by atoms with Gasteiger partial charge in [0.1, 0.15) is 0 Å². The van der Waals surface area contributed by atoms with Crippen molar-refractivity contribution in [1.29, 1.82) is 0 Å². The summed E-state index contributed by atoms with van der Waals surface area (Å²) in [6.07, 6.45) is 6.40. The van der Waals surface area contributed by atoms with Gasteiger partial charge in [0.2, 0.25) is 0 Å². The van der Waals surface area contributed by atoms with Crippen LogP contribution in [0.4, 0.5) is 0 Å². The number of nitrogens with one attached hydrogen (secondary N) is 2. The molecule has 1 aliphatic carbocycles. The fourth-order valence-electron chi connectivity index (χ4n) is 2.09. The Kier molecular flexibility index (Phi) is 11.0. The van der Waals surface area contributed by atoms with Gasteiger partial charge in [-0.05, 0) is 44.2 Å². The van der Waals surface area contributed by atoms with E-state index in [0.717, 1.165) is 63.3 Å². The number of hydrogen-bond acceptors (Lipinski definition) is 3. The SMILES string of the molecule is CCNC(=NCCCOCC1CC1)NCCc1ccccn1.I. The fourth-order valence-corrected chi connectivity index (χ4v) is 2.09. The fraction of sp³-hybridized carbons (Fsp3) is 0.647. The van der Waals surface area contributed by atoms with Gasteiger partial charge >= 0.3 is 0 Å². The minimum atomic E-state index is 0. The minimum Gasteiger partial charge on any atom is -0.381 e. The summed E-state index contributed by atoms with van der Waals surface area (Å²) in [6.45, 7) is 6.33. The quantitative estimate of drug-likeness (QED) is 0.258. The van der Waals surface area contributed by atoms with E-state index in [1.54, 1.807) is 0 Å². The van der Waals surface area contributed by atoms with Crippen molar-refractivity contribution in [3.63, 3.8) is 0 Å². The maximum absolute atomic E-state index is 5.62. The highest BCUT2D eigenvalue weighted by Gasteiger charge is 2.20. The molecule has 0 saturated heterocycles. The molecule has 1 aromatic heterocycles. The number of pyridine rings is 1. The predicted molar refractivity (Wildman–Crippen MR) is 105 cm³/mol. The smallest absolute Gasteiger partial charge is 0.191 e. The molecule has 0 spiro atoms. The van der Waals surface area contributed by atoms with Gasteiger partial charge in [-0.1, -0.05) is 6.07 Å². The molecule has 0 radical (unpaired) electrons. The Hall–Kier alpha value is -0.890. The Morgan fingerprint density at radius 3 is 2.91 bits per heavy atom. The molecule has 0 aromatic carbocycles. The number of rotatable bonds is 10. The first-order valence-corrected chi connectivity index (χ1v) is 8.38. The third-order valence-electron chi connectivity index (χ3n) is 3.51. The zero-order valence-corrected chi connectivity index (χ0v) is 16.3. The summed E-state index contributed by atoms with van der Waals surface area (Å²) in [7, 11) is 0. The standard InChI is InChI=1S/C17H28N4O.HI/c1-2-18-17(20-11-5-13-22-14-15-7-8-15)21-12-9-16-6-3-4-10-19-16;/h3-4,6,10,15H,2,5,7-9,11-14H2,1H3,(H2,18,20,21);1H. The molecule has 1 fully saturated rings. The van der Waals surface area contributed by atoms with Gasteiger partial charge in [-0.2, -0.15) is 0 Å². The Labute approximate surface area is 156 Å². The summed E-state index contributed by atoms with van der Waals surface area (Å²) in [4.78, 5) is 8.89. The van der Waals surface area contributed by atoms with E-state index in [2.05, 4.69) is 27.5 Å². The normalized spacial score (nSPS) is 14.2. The molecule has 1 aromatic rings. The molecule has 5 nitrogen and oxygen atoms in total. The molecule has 1 saturated carbocycles. The van der Waals surface area contributed by atoms with Crippen LogP contribution in [0.2, 0.25) is 0 Å². The molecule has 2 rings (SSSR count). The van der Waals surface area contributed by atoms with E-state index in [-0.39, 0.29) is 24.0 Å². The summed E-state index contributed by atoms with van der Waals surface area (Å²) < 4.78 is 5.62. The average molecular weight is 432 g/mol. The van der Waals surface area contributed by atoms with Gasteiger partial charge < -0.3 is 15.4 Å². The number of halogens is 1. The average Bonchev–Trinajstić information content (AvgIpc) is 3.36. The summed E-state index contributed by atoms with van der Waals surface area (Å²) in [5, 5.41) is 6.61. The van der Waals surface area contributed by atoms with Crippen LogP contribution >= 0.6 is 24.0 Å². The van der Waals surface area contributed by atoms with Gasteiger partial charge in [0, 0.05) is 51.2 Å². The van der Waals surface area contributed by atoms with E-state index >= 15 is 0 Å². The molecule has 0 aliphatic heterocycles. The number of hydrogen-bond donors (Lipinski definition) is 2. The molecule has 130 valence electrons. The van der Waals surface area contributed by atoms with Crippen molar-refractivity contribution < 1.29 is 4.74 Å². The predicted octanol–water partition coefficient (Wildman–Crippen LogP) is 2.61. The highest BCUT2D eigenvalue weighted by molar-refractivity contribution is 14.0. The molecule has 0 amide bonds. The Morgan fingerprint density at radius 2 is 2.22 bits per heavy atom. The van der Waals surface area contributed by atoms with Crippen molar-refractivity contribution in [3.05, 3.63) is 30.1 Å². The zero-order valence-electron chi connectivity index (χ0n) is 14.0. The molecular weight excluding hydrogens is 403 g/mol. The lowest BCUT2D eigenvalue weighted by atomic mass is 10.3. The van der Waals surface area contributed by atoms with Crippen LogP contribution in [-0.4, -0.2) is 43.8 Å². The number of nitrogens with zero attached hydrogens (tertiary/aromatic N) is 2. The van der Waals surface area contributed by atoms with Crippen molar-refractivity contribution >= 4 is 29.9 Å². The van der Waals surface area contributed by atoms with Gasteiger partial charge in [0.05, 0.1) is 0 Å². The minimum absolute atomic E-state index is 0. The number of aliphatic imine (C=N–C) groups is 1. The van der Waals surface area contributed by atoms with Gasteiger partial charge in [-0.15, -0.1) is 24.0 Å². The largest absolute Gasteiger partial charge is 0.381 e. The van der Waals surface area contributed by atoms with Crippen LogP contribution in [0.15, 0.2) is 29.4 Å². The van der Waals surface area contributed by atoms with E-state index in [1.807, 2.05) is 24.4 Å². The number of guanidine groups is 1. The van der Waals surface area contributed by atoms with Crippen LogP contribution < -0.4 is 10.6 Å². The maximum Gasteiger partial charge on any atom is 0.191 e. The van der Waals surface area contributed by atoms with Crippen molar-refractivity contribution in [2.75, 3.05) is 32.8 Å². The Bertz CT molecular complexity index is 437. The molecule has 0 bridgehead atoms. The Morgan fingerprint density at radius 1 is 1.35 bits per heavy atom. The molecule has 0 unspecified atom stereocenters. The molecule has 2 N–H and O–H groups in total.